The Bertz CT molecular complexity index is 209. The molecule has 0 aromatic rings. The van der Waals surface area contributed by atoms with Crippen LogP contribution >= 0.6 is 0 Å². The SMILES string of the molecule is CCNCCC1=CC=CC=CC1.O.[HH]. The van der Waals surface area contributed by atoms with E-state index in [-0.39, 0.29) is 6.90 Å². The molecule has 0 unspecified atom stereocenters. The highest BCUT2D eigenvalue weighted by molar-refractivity contribution is 5.23. The number of hydrogen-bond donors (Lipinski definition) is 1. The van der Waals surface area contributed by atoms with Gasteiger partial charge in [-0.25, -0.2) is 0 Å². The maximum absolute atomic E-state index is 3.33. The van der Waals surface area contributed by atoms with E-state index in [9.17, 15) is 0 Å². The van der Waals surface area contributed by atoms with Gasteiger partial charge in [0.25, 0.3) is 0 Å². The number of rotatable bonds is 4. The van der Waals surface area contributed by atoms with Crippen molar-refractivity contribution in [3.05, 3.63) is 36.0 Å². The fourth-order valence-corrected chi connectivity index (χ4v) is 1.23. The first-order chi connectivity index (χ1) is 5.93. The summed E-state index contributed by atoms with van der Waals surface area (Å²) in [5, 5.41) is 3.33. The molecule has 0 saturated carbocycles. The molecule has 13 heavy (non-hydrogen) atoms. The molecule has 1 aliphatic rings. The standard InChI is InChI=1S/C11H17N.H2O.H2/c1-2-12-10-9-11-7-5-3-4-6-8-11;;/h3-7,12H,2,8-10H2,1H3;1H2;1H. The summed E-state index contributed by atoms with van der Waals surface area (Å²) in [6, 6.07) is 0. The highest BCUT2D eigenvalue weighted by atomic mass is 16.0. The third-order valence-electron chi connectivity index (χ3n) is 1.94. The summed E-state index contributed by atoms with van der Waals surface area (Å²) in [4.78, 5) is 0. The lowest BCUT2D eigenvalue weighted by Crippen LogP contribution is -2.14. The van der Waals surface area contributed by atoms with E-state index in [0.29, 0.717) is 0 Å². The number of nitrogens with one attached hydrogen (secondary N) is 1. The van der Waals surface area contributed by atoms with Crippen molar-refractivity contribution in [2.24, 2.45) is 0 Å². The predicted molar refractivity (Wildman–Crippen MR) is 59.9 cm³/mol. The summed E-state index contributed by atoms with van der Waals surface area (Å²) >= 11 is 0. The summed E-state index contributed by atoms with van der Waals surface area (Å²) in [5.41, 5.74) is 1.51. The molecular weight excluding hydrogens is 162 g/mol. The van der Waals surface area contributed by atoms with Crippen molar-refractivity contribution in [3.63, 3.8) is 0 Å². The van der Waals surface area contributed by atoms with Crippen molar-refractivity contribution in [2.45, 2.75) is 19.8 Å². The Morgan fingerprint density at radius 3 is 3.00 bits per heavy atom. The van der Waals surface area contributed by atoms with Crippen LogP contribution in [0.25, 0.3) is 0 Å². The van der Waals surface area contributed by atoms with Crippen LogP contribution in [0.1, 0.15) is 21.2 Å². The van der Waals surface area contributed by atoms with Gasteiger partial charge in [-0.15, -0.1) is 0 Å². The van der Waals surface area contributed by atoms with E-state index in [1.165, 1.54) is 12.0 Å². The van der Waals surface area contributed by atoms with Crippen LogP contribution in [0, 0.1) is 0 Å². The molecule has 0 atom stereocenters. The first-order valence-electron chi connectivity index (χ1n) is 4.65. The third kappa shape index (κ3) is 5.39. The Morgan fingerprint density at radius 1 is 1.38 bits per heavy atom. The largest absolute Gasteiger partial charge is 0.412 e. The molecule has 0 fully saturated rings. The van der Waals surface area contributed by atoms with Crippen molar-refractivity contribution in [2.75, 3.05) is 13.1 Å². The van der Waals surface area contributed by atoms with Gasteiger partial charge in [0.15, 0.2) is 0 Å². The second-order valence-electron chi connectivity index (χ2n) is 2.95. The lowest BCUT2D eigenvalue weighted by molar-refractivity contribution is 0.708. The molecule has 0 amide bonds. The highest BCUT2D eigenvalue weighted by Crippen LogP contribution is 2.09. The second-order valence-corrected chi connectivity index (χ2v) is 2.95. The number of allylic oxidation sites excluding steroid dienone is 5. The highest BCUT2D eigenvalue weighted by Gasteiger charge is 1.94. The molecule has 0 radical (unpaired) electrons. The Morgan fingerprint density at radius 2 is 2.23 bits per heavy atom. The molecule has 0 aliphatic heterocycles. The summed E-state index contributed by atoms with van der Waals surface area (Å²) in [6.45, 7) is 4.31. The zero-order valence-electron chi connectivity index (χ0n) is 8.22. The molecule has 0 saturated heterocycles. The van der Waals surface area contributed by atoms with Crippen molar-refractivity contribution < 1.29 is 6.90 Å². The zero-order chi connectivity index (χ0) is 8.65. The van der Waals surface area contributed by atoms with E-state index in [1.54, 1.807) is 0 Å². The molecule has 76 valence electrons. The molecule has 2 heteroatoms. The number of hydrogen-bond acceptors (Lipinski definition) is 1. The lowest BCUT2D eigenvalue weighted by Gasteiger charge is -2.03. The maximum Gasteiger partial charge on any atom is 0 e. The van der Waals surface area contributed by atoms with Crippen LogP contribution in [-0.2, 0) is 0 Å². The zero-order valence-corrected chi connectivity index (χ0v) is 8.22. The minimum atomic E-state index is 0. The normalized spacial score (nSPS) is 14.7. The van der Waals surface area contributed by atoms with Gasteiger partial charge in [0.1, 0.15) is 0 Å². The van der Waals surface area contributed by atoms with Crippen LogP contribution < -0.4 is 5.32 Å². The maximum atomic E-state index is 3.33. The lowest BCUT2D eigenvalue weighted by atomic mass is 10.1. The minimum absolute atomic E-state index is 0. The second kappa shape index (κ2) is 7.77. The molecule has 3 N–H and O–H groups in total. The van der Waals surface area contributed by atoms with Crippen LogP contribution in [0.4, 0.5) is 0 Å². The fraction of sp³-hybridized carbons (Fsp3) is 0.455. The first kappa shape index (κ1) is 12.1. The predicted octanol–water partition coefficient (Wildman–Crippen LogP) is 1.85. The molecule has 0 aromatic heterocycles. The van der Waals surface area contributed by atoms with Gasteiger partial charge in [0.05, 0.1) is 0 Å². The van der Waals surface area contributed by atoms with E-state index in [4.69, 9.17) is 0 Å². The summed E-state index contributed by atoms with van der Waals surface area (Å²) in [5.74, 6) is 0. The Hall–Kier alpha value is -0.860. The van der Waals surface area contributed by atoms with Gasteiger partial charge < -0.3 is 10.8 Å². The minimum Gasteiger partial charge on any atom is -0.412 e. The first-order valence-corrected chi connectivity index (χ1v) is 4.65. The van der Waals surface area contributed by atoms with E-state index in [0.717, 1.165) is 19.5 Å². The summed E-state index contributed by atoms with van der Waals surface area (Å²) in [6.07, 6.45) is 13.0. The third-order valence-corrected chi connectivity index (χ3v) is 1.94. The van der Waals surface area contributed by atoms with E-state index >= 15 is 0 Å². The van der Waals surface area contributed by atoms with Gasteiger partial charge in [0.2, 0.25) is 0 Å². The van der Waals surface area contributed by atoms with Crippen LogP contribution in [0.3, 0.4) is 0 Å². The quantitative estimate of drug-likeness (QED) is 0.664. The van der Waals surface area contributed by atoms with E-state index < -0.39 is 0 Å². The van der Waals surface area contributed by atoms with Crippen LogP contribution in [0.2, 0.25) is 0 Å². The van der Waals surface area contributed by atoms with Crippen molar-refractivity contribution in [3.8, 4) is 0 Å². The molecule has 2 nitrogen and oxygen atoms in total. The van der Waals surface area contributed by atoms with Crippen molar-refractivity contribution in [1.29, 1.82) is 0 Å². The fourth-order valence-electron chi connectivity index (χ4n) is 1.23. The van der Waals surface area contributed by atoms with Crippen LogP contribution in [0.15, 0.2) is 36.0 Å². The topological polar surface area (TPSA) is 43.5 Å². The summed E-state index contributed by atoms with van der Waals surface area (Å²) in [7, 11) is 0. The van der Waals surface area contributed by atoms with Gasteiger partial charge in [-0.2, -0.15) is 0 Å². The molecular formula is C11H21NO. The molecule has 0 bridgehead atoms. The van der Waals surface area contributed by atoms with Gasteiger partial charge in [-0.1, -0.05) is 42.9 Å². The Kier molecular flexibility index (Phi) is 7.26. The average molecular weight is 183 g/mol. The van der Waals surface area contributed by atoms with Gasteiger partial charge in [-0.3, -0.25) is 0 Å². The Labute approximate surface area is 81.8 Å². The molecule has 1 rings (SSSR count). The van der Waals surface area contributed by atoms with Gasteiger partial charge in [-0.05, 0) is 25.9 Å². The summed E-state index contributed by atoms with van der Waals surface area (Å²) < 4.78 is 0. The van der Waals surface area contributed by atoms with Crippen LogP contribution in [0.5, 0.6) is 0 Å². The smallest absolute Gasteiger partial charge is 0 e. The van der Waals surface area contributed by atoms with Crippen LogP contribution in [-0.4, -0.2) is 18.6 Å². The molecule has 0 heterocycles. The van der Waals surface area contributed by atoms with Crippen molar-refractivity contribution in [1.82, 2.24) is 5.32 Å². The van der Waals surface area contributed by atoms with E-state index in [2.05, 4.69) is 42.6 Å². The van der Waals surface area contributed by atoms with Gasteiger partial charge >= 0.3 is 0 Å². The average Bonchev–Trinajstić information content (AvgIpc) is 2.33. The molecule has 0 aromatic carbocycles. The van der Waals surface area contributed by atoms with E-state index in [1.807, 2.05) is 0 Å². The monoisotopic (exact) mass is 183 g/mol. The Balaban J connectivity index is 0. The van der Waals surface area contributed by atoms with Crippen molar-refractivity contribution >= 4 is 0 Å². The molecule has 1 aliphatic carbocycles. The molecule has 0 spiro atoms. The van der Waals surface area contributed by atoms with Gasteiger partial charge in [0, 0.05) is 1.43 Å².